The number of ketones is 1. The summed E-state index contributed by atoms with van der Waals surface area (Å²) in [5.74, 6) is 0.992. The number of aryl methyl sites for hydroxylation is 2. The zero-order valence-electron chi connectivity index (χ0n) is 15.9. The number of Topliss-reactive ketones (excluding diaryl/α,β-unsaturated/α-hetero) is 1. The molecule has 1 aromatic heterocycles. The molecule has 6 heteroatoms. The quantitative estimate of drug-likeness (QED) is 0.391. The Morgan fingerprint density at radius 3 is 2.52 bits per heavy atom. The van der Waals surface area contributed by atoms with Crippen LogP contribution in [0, 0.1) is 13.8 Å². The molecule has 0 aliphatic carbocycles. The van der Waals surface area contributed by atoms with Gasteiger partial charge in [0.05, 0.1) is 5.75 Å². The van der Waals surface area contributed by atoms with Crippen molar-refractivity contribution < 1.29 is 4.79 Å². The standard InChI is InChI=1S/C21H23N3OS2/c1-13(2)16-6-8-17(9-7-16)22-20-23-24-21(27-20)26-12-19(25)18-10-5-14(3)11-15(18)4/h5-11,13H,12H2,1-4H3,(H,22,23). The molecule has 3 rings (SSSR count). The maximum Gasteiger partial charge on any atom is 0.210 e. The Morgan fingerprint density at radius 1 is 1.11 bits per heavy atom. The van der Waals surface area contributed by atoms with E-state index >= 15 is 0 Å². The van der Waals surface area contributed by atoms with Gasteiger partial charge in [0.1, 0.15) is 0 Å². The highest BCUT2D eigenvalue weighted by atomic mass is 32.2. The largest absolute Gasteiger partial charge is 0.330 e. The molecule has 4 nitrogen and oxygen atoms in total. The zero-order valence-corrected chi connectivity index (χ0v) is 17.6. The monoisotopic (exact) mass is 397 g/mol. The maximum atomic E-state index is 12.5. The Labute approximate surface area is 168 Å². The lowest BCUT2D eigenvalue weighted by Crippen LogP contribution is -2.04. The summed E-state index contributed by atoms with van der Waals surface area (Å²) in [6.07, 6.45) is 0. The highest BCUT2D eigenvalue weighted by Crippen LogP contribution is 2.29. The van der Waals surface area contributed by atoms with Crippen LogP contribution in [-0.4, -0.2) is 21.7 Å². The second-order valence-corrected chi connectivity index (χ2v) is 9.01. The van der Waals surface area contributed by atoms with E-state index in [0.29, 0.717) is 11.7 Å². The average molecular weight is 398 g/mol. The summed E-state index contributed by atoms with van der Waals surface area (Å²) in [5, 5.41) is 12.4. The third-order valence-electron chi connectivity index (χ3n) is 4.24. The number of aromatic nitrogens is 2. The molecule has 0 unspecified atom stereocenters. The molecular weight excluding hydrogens is 374 g/mol. The van der Waals surface area contributed by atoms with Gasteiger partial charge in [-0.3, -0.25) is 4.79 Å². The molecule has 1 N–H and O–H groups in total. The van der Waals surface area contributed by atoms with Crippen LogP contribution >= 0.6 is 23.1 Å². The van der Waals surface area contributed by atoms with Crippen molar-refractivity contribution >= 4 is 39.7 Å². The summed E-state index contributed by atoms with van der Waals surface area (Å²) in [6, 6.07) is 14.2. The molecule has 0 fully saturated rings. The molecule has 27 heavy (non-hydrogen) atoms. The van der Waals surface area contributed by atoms with E-state index in [4.69, 9.17) is 0 Å². The van der Waals surface area contributed by atoms with Gasteiger partial charge in [-0.1, -0.05) is 72.8 Å². The second-order valence-electron chi connectivity index (χ2n) is 6.81. The van der Waals surface area contributed by atoms with Crippen molar-refractivity contribution in [1.82, 2.24) is 10.2 Å². The van der Waals surface area contributed by atoms with Crippen LogP contribution in [0.3, 0.4) is 0 Å². The Morgan fingerprint density at radius 2 is 1.85 bits per heavy atom. The molecule has 0 aliphatic heterocycles. The molecule has 140 valence electrons. The first-order valence-electron chi connectivity index (χ1n) is 8.86. The van der Waals surface area contributed by atoms with Gasteiger partial charge in [-0.2, -0.15) is 0 Å². The zero-order chi connectivity index (χ0) is 19.4. The molecule has 1 heterocycles. The van der Waals surface area contributed by atoms with Crippen LogP contribution in [0.1, 0.15) is 46.8 Å². The van der Waals surface area contributed by atoms with Crippen LogP contribution in [-0.2, 0) is 0 Å². The minimum atomic E-state index is 0.117. The van der Waals surface area contributed by atoms with Gasteiger partial charge in [0.15, 0.2) is 10.1 Å². The van der Waals surface area contributed by atoms with Crippen LogP contribution in [0.4, 0.5) is 10.8 Å². The Bertz CT molecular complexity index is 933. The molecule has 0 saturated carbocycles. The van der Waals surface area contributed by atoms with E-state index in [9.17, 15) is 4.79 Å². The minimum Gasteiger partial charge on any atom is -0.330 e. The molecule has 0 atom stereocenters. The lowest BCUT2D eigenvalue weighted by molar-refractivity contribution is 0.102. The van der Waals surface area contributed by atoms with Gasteiger partial charge in [0, 0.05) is 11.3 Å². The van der Waals surface area contributed by atoms with E-state index in [-0.39, 0.29) is 5.78 Å². The van der Waals surface area contributed by atoms with Crippen LogP contribution in [0.2, 0.25) is 0 Å². The molecule has 2 aromatic carbocycles. The van der Waals surface area contributed by atoms with Crippen molar-refractivity contribution in [2.75, 3.05) is 11.1 Å². The lowest BCUT2D eigenvalue weighted by atomic mass is 10.0. The van der Waals surface area contributed by atoms with Crippen molar-refractivity contribution in [2.45, 2.75) is 38.0 Å². The number of anilines is 2. The van der Waals surface area contributed by atoms with E-state index in [1.807, 2.05) is 44.2 Å². The predicted octanol–water partition coefficient (Wildman–Crippen LogP) is 6.00. The SMILES string of the molecule is Cc1ccc(C(=O)CSc2nnc(Nc3ccc(C(C)C)cc3)s2)c(C)c1. The Kier molecular flexibility index (Phi) is 6.29. The molecule has 0 bridgehead atoms. The van der Waals surface area contributed by atoms with Crippen molar-refractivity contribution in [3.05, 3.63) is 64.7 Å². The number of carbonyl (C=O) groups excluding carboxylic acids is 1. The first-order valence-corrected chi connectivity index (χ1v) is 10.7. The normalized spacial score (nSPS) is 11.0. The smallest absolute Gasteiger partial charge is 0.210 e. The molecule has 0 amide bonds. The number of nitrogens with one attached hydrogen (secondary N) is 1. The molecule has 0 radical (unpaired) electrons. The number of carbonyl (C=O) groups is 1. The fraction of sp³-hybridized carbons (Fsp3) is 0.286. The van der Waals surface area contributed by atoms with Crippen LogP contribution in [0.25, 0.3) is 0 Å². The first kappa shape index (κ1) is 19.6. The summed E-state index contributed by atoms with van der Waals surface area (Å²) in [6.45, 7) is 8.36. The van der Waals surface area contributed by atoms with Crippen molar-refractivity contribution in [3.8, 4) is 0 Å². The summed E-state index contributed by atoms with van der Waals surface area (Å²) in [5.41, 5.74) is 5.25. The van der Waals surface area contributed by atoms with Crippen LogP contribution in [0.15, 0.2) is 46.8 Å². The van der Waals surface area contributed by atoms with Crippen molar-refractivity contribution in [2.24, 2.45) is 0 Å². The van der Waals surface area contributed by atoms with Crippen LogP contribution in [0.5, 0.6) is 0 Å². The molecular formula is C21H23N3OS2. The number of hydrogen-bond donors (Lipinski definition) is 1. The predicted molar refractivity (Wildman–Crippen MR) is 115 cm³/mol. The first-order chi connectivity index (χ1) is 12.9. The Balaban J connectivity index is 1.58. The van der Waals surface area contributed by atoms with Crippen LogP contribution < -0.4 is 5.32 Å². The van der Waals surface area contributed by atoms with E-state index in [1.165, 1.54) is 28.7 Å². The van der Waals surface area contributed by atoms with Gasteiger partial charge in [0.25, 0.3) is 0 Å². The summed E-state index contributed by atoms with van der Waals surface area (Å²) in [4.78, 5) is 12.5. The van der Waals surface area contributed by atoms with Gasteiger partial charge in [-0.05, 0) is 43.0 Å². The van der Waals surface area contributed by atoms with E-state index < -0.39 is 0 Å². The second kappa shape index (κ2) is 8.67. The third-order valence-corrected chi connectivity index (χ3v) is 6.22. The van der Waals surface area contributed by atoms with Crippen molar-refractivity contribution in [1.29, 1.82) is 0 Å². The molecule has 0 saturated heterocycles. The number of thioether (sulfide) groups is 1. The topological polar surface area (TPSA) is 54.9 Å². The summed E-state index contributed by atoms with van der Waals surface area (Å²) < 4.78 is 0.786. The number of benzene rings is 2. The highest BCUT2D eigenvalue weighted by molar-refractivity contribution is 8.01. The highest BCUT2D eigenvalue weighted by Gasteiger charge is 2.12. The van der Waals surface area contributed by atoms with Gasteiger partial charge in [-0.25, -0.2) is 0 Å². The van der Waals surface area contributed by atoms with E-state index in [0.717, 1.165) is 31.8 Å². The molecule has 0 spiro atoms. The lowest BCUT2D eigenvalue weighted by Gasteiger charge is -2.06. The number of hydrogen-bond acceptors (Lipinski definition) is 6. The third kappa shape index (κ3) is 5.17. The van der Waals surface area contributed by atoms with Gasteiger partial charge in [0.2, 0.25) is 5.13 Å². The fourth-order valence-corrected chi connectivity index (χ4v) is 4.38. The van der Waals surface area contributed by atoms with Gasteiger partial charge >= 0.3 is 0 Å². The fourth-order valence-electron chi connectivity index (χ4n) is 2.72. The Hall–Kier alpha value is -2.18. The van der Waals surface area contributed by atoms with E-state index in [2.05, 4.69) is 41.5 Å². The number of nitrogens with zero attached hydrogens (tertiary/aromatic N) is 2. The maximum absolute atomic E-state index is 12.5. The molecule has 0 aliphatic rings. The number of rotatable bonds is 7. The van der Waals surface area contributed by atoms with Gasteiger partial charge in [-0.15, -0.1) is 10.2 Å². The van der Waals surface area contributed by atoms with Gasteiger partial charge < -0.3 is 5.32 Å². The summed E-state index contributed by atoms with van der Waals surface area (Å²) in [7, 11) is 0. The summed E-state index contributed by atoms with van der Waals surface area (Å²) >= 11 is 2.89. The van der Waals surface area contributed by atoms with E-state index in [1.54, 1.807) is 0 Å². The minimum absolute atomic E-state index is 0.117. The van der Waals surface area contributed by atoms with Crippen molar-refractivity contribution in [3.63, 3.8) is 0 Å². The molecule has 3 aromatic rings. The average Bonchev–Trinajstić information content (AvgIpc) is 3.07.